The molecule has 1 amide bonds. The van der Waals surface area contributed by atoms with Crippen LogP contribution >= 0.6 is 11.3 Å². The molecule has 2 heterocycles. The van der Waals surface area contributed by atoms with Crippen LogP contribution in [0.3, 0.4) is 0 Å². The Morgan fingerprint density at radius 2 is 2.38 bits per heavy atom. The van der Waals surface area contributed by atoms with Gasteiger partial charge in [-0.3, -0.25) is 4.79 Å². The third-order valence-electron chi connectivity index (χ3n) is 3.51. The van der Waals surface area contributed by atoms with Gasteiger partial charge in [-0.05, 0) is 32.6 Å². The summed E-state index contributed by atoms with van der Waals surface area (Å²) in [4.78, 5) is 29.9. The Morgan fingerprint density at radius 1 is 1.57 bits per heavy atom. The molecule has 116 valence electrons. The third kappa shape index (κ3) is 3.79. The number of aliphatic hydroxyl groups is 1. The number of hydrogen-bond donors (Lipinski definition) is 1. The van der Waals surface area contributed by atoms with Crippen molar-refractivity contribution in [2.24, 2.45) is 0 Å². The van der Waals surface area contributed by atoms with Crippen LogP contribution in [-0.4, -0.2) is 52.7 Å². The SMILES string of the molecule is CCOC(=O)c1nc(C(=O)N2CCCC2CCCO)cs1. The maximum atomic E-state index is 12.5. The van der Waals surface area contributed by atoms with Gasteiger partial charge in [0.25, 0.3) is 5.91 Å². The molecule has 1 aliphatic heterocycles. The fourth-order valence-corrected chi connectivity index (χ4v) is 3.22. The number of likely N-dealkylation sites (tertiary alicyclic amines) is 1. The average molecular weight is 312 g/mol. The standard InChI is InChI=1S/C14H20N2O4S/c1-2-20-14(19)12-15-11(9-21-12)13(18)16-7-3-5-10(16)6-4-8-17/h9-10,17H,2-8H2,1H3. The van der Waals surface area contributed by atoms with Crippen LogP contribution in [0, 0.1) is 0 Å². The van der Waals surface area contributed by atoms with Gasteiger partial charge in [0.1, 0.15) is 5.69 Å². The van der Waals surface area contributed by atoms with E-state index in [2.05, 4.69) is 4.98 Å². The van der Waals surface area contributed by atoms with E-state index in [1.807, 2.05) is 0 Å². The van der Waals surface area contributed by atoms with Crippen molar-refractivity contribution in [3.05, 3.63) is 16.1 Å². The Hall–Kier alpha value is -1.47. The van der Waals surface area contributed by atoms with Gasteiger partial charge in [-0.25, -0.2) is 9.78 Å². The molecule has 1 N–H and O–H groups in total. The predicted octanol–water partition coefficient (Wildman–Crippen LogP) is 1.70. The molecule has 21 heavy (non-hydrogen) atoms. The normalized spacial score (nSPS) is 18.0. The number of esters is 1. The minimum Gasteiger partial charge on any atom is -0.461 e. The molecule has 7 heteroatoms. The molecule has 0 bridgehead atoms. The summed E-state index contributed by atoms with van der Waals surface area (Å²) in [6.07, 6.45) is 3.42. The van der Waals surface area contributed by atoms with Gasteiger partial charge in [0.05, 0.1) is 6.61 Å². The van der Waals surface area contributed by atoms with Crippen LogP contribution in [0.1, 0.15) is 52.9 Å². The molecule has 2 rings (SSSR count). The summed E-state index contributed by atoms with van der Waals surface area (Å²) in [6, 6.07) is 0.164. The number of amides is 1. The van der Waals surface area contributed by atoms with E-state index in [0.717, 1.165) is 30.6 Å². The summed E-state index contributed by atoms with van der Waals surface area (Å²) >= 11 is 1.13. The van der Waals surface area contributed by atoms with Gasteiger partial charge in [0, 0.05) is 24.6 Å². The third-order valence-corrected chi connectivity index (χ3v) is 4.33. The molecule has 1 unspecified atom stereocenters. The molecule has 0 saturated carbocycles. The Labute approximate surface area is 127 Å². The summed E-state index contributed by atoms with van der Waals surface area (Å²) in [7, 11) is 0. The number of carbonyl (C=O) groups excluding carboxylic acids is 2. The minimum atomic E-state index is -0.486. The van der Waals surface area contributed by atoms with Crippen LogP contribution in [0.4, 0.5) is 0 Å². The second-order valence-corrected chi connectivity index (χ2v) is 5.78. The number of thiazole rings is 1. The van der Waals surface area contributed by atoms with Crippen LogP contribution in [0.15, 0.2) is 5.38 Å². The van der Waals surface area contributed by atoms with Gasteiger partial charge in [0.2, 0.25) is 5.01 Å². The van der Waals surface area contributed by atoms with Crippen molar-refractivity contribution in [3.63, 3.8) is 0 Å². The first kappa shape index (κ1) is 15.9. The lowest BCUT2D eigenvalue weighted by Crippen LogP contribution is -2.35. The molecule has 6 nitrogen and oxygen atoms in total. The number of aromatic nitrogens is 1. The molecule has 1 aromatic heterocycles. The maximum absolute atomic E-state index is 12.5. The van der Waals surface area contributed by atoms with E-state index in [-0.39, 0.29) is 30.2 Å². The van der Waals surface area contributed by atoms with Crippen LogP contribution < -0.4 is 0 Å². The van der Waals surface area contributed by atoms with Crippen LogP contribution in [-0.2, 0) is 4.74 Å². The molecule has 1 aliphatic rings. The van der Waals surface area contributed by atoms with E-state index in [1.165, 1.54) is 0 Å². The average Bonchev–Trinajstić information content (AvgIpc) is 3.13. The molecule has 1 saturated heterocycles. The van der Waals surface area contributed by atoms with Gasteiger partial charge in [-0.15, -0.1) is 11.3 Å². The Kier molecular flexibility index (Phi) is 5.69. The highest BCUT2D eigenvalue weighted by Gasteiger charge is 2.30. The lowest BCUT2D eigenvalue weighted by Gasteiger charge is -2.23. The zero-order valence-electron chi connectivity index (χ0n) is 12.1. The zero-order valence-corrected chi connectivity index (χ0v) is 12.9. The molecular weight excluding hydrogens is 292 g/mol. The number of carbonyl (C=O) groups is 2. The first-order chi connectivity index (χ1) is 10.2. The highest BCUT2D eigenvalue weighted by atomic mass is 32.1. The second kappa shape index (κ2) is 7.51. The molecule has 0 spiro atoms. The van der Waals surface area contributed by atoms with Crippen molar-refractivity contribution in [2.45, 2.75) is 38.6 Å². The molecule has 0 aliphatic carbocycles. The monoisotopic (exact) mass is 312 g/mol. The van der Waals surface area contributed by atoms with E-state index >= 15 is 0 Å². The lowest BCUT2D eigenvalue weighted by atomic mass is 10.1. The van der Waals surface area contributed by atoms with Crippen LogP contribution in [0.5, 0.6) is 0 Å². The van der Waals surface area contributed by atoms with Gasteiger partial charge < -0.3 is 14.7 Å². The quantitative estimate of drug-likeness (QED) is 0.809. The van der Waals surface area contributed by atoms with Crippen molar-refractivity contribution < 1.29 is 19.4 Å². The van der Waals surface area contributed by atoms with Crippen molar-refractivity contribution in [1.29, 1.82) is 0 Å². The highest BCUT2D eigenvalue weighted by molar-refractivity contribution is 7.11. The summed E-state index contributed by atoms with van der Waals surface area (Å²) in [5, 5.41) is 10.7. The predicted molar refractivity (Wildman–Crippen MR) is 78.4 cm³/mol. The lowest BCUT2D eigenvalue weighted by molar-refractivity contribution is 0.0526. The molecule has 1 fully saturated rings. The van der Waals surface area contributed by atoms with Crippen molar-refractivity contribution >= 4 is 23.2 Å². The molecule has 0 radical (unpaired) electrons. The van der Waals surface area contributed by atoms with Crippen LogP contribution in [0.25, 0.3) is 0 Å². The summed E-state index contributed by atoms with van der Waals surface area (Å²) < 4.78 is 4.88. The maximum Gasteiger partial charge on any atom is 0.367 e. The van der Waals surface area contributed by atoms with E-state index in [1.54, 1.807) is 17.2 Å². The molecule has 0 aromatic carbocycles. The van der Waals surface area contributed by atoms with E-state index in [4.69, 9.17) is 9.84 Å². The molecular formula is C14H20N2O4S. The number of nitrogens with zero attached hydrogens (tertiary/aromatic N) is 2. The number of aliphatic hydroxyl groups excluding tert-OH is 1. The zero-order chi connectivity index (χ0) is 15.2. The van der Waals surface area contributed by atoms with E-state index < -0.39 is 5.97 Å². The van der Waals surface area contributed by atoms with Crippen molar-refractivity contribution in [2.75, 3.05) is 19.8 Å². The fourth-order valence-electron chi connectivity index (χ4n) is 2.54. The van der Waals surface area contributed by atoms with E-state index in [9.17, 15) is 9.59 Å². The van der Waals surface area contributed by atoms with Gasteiger partial charge in [0.15, 0.2) is 0 Å². The minimum absolute atomic E-state index is 0.137. The number of ether oxygens (including phenoxy) is 1. The van der Waals surface area contributed by atoms with Gasteiger partial charge in [-0.1, -0.05) is 0 Å². The molecule has 1 atom stereocenters. The first-order valence-corrected chi connectivity index (χ1v) is 8.09. The van der Waals surface area contributed by atoms with Gasteiger partial charge in [-0.2, -0.15) is 0 Å². The Bertz CT molecular complexity index is 503. The smallest absolute Gasteiger partial charge is 0.367 e. The van der Waals surface area contributed by atoms with Crippen molar-refractivity contribution in [1.82, 2.24) is 9.88 Å². The van der Waals surface area contributed by atoms with Crippen molar-refractivity contribution in [3.8, 4) is 0 Å². The second-order valence-electron chi connectivity index (χ2n) is 4.92. The van der Waals surface area contributed by atoms with Gasteiger partial charge >= 0.3 is 5.97 Å². The topological polar surface area (TPSA) is 79.7 Å². The van der Waals surface area contributed by atoms with E-state index in [0.29, 0.717) is 18.7 Å². The van der Waals surface area contributed by atoms with Crippen LogP contribution in [0.2, 0.25) is 0 Å². The molecule has 1 aromatic rings. The summed E-state index contributed by atoms with van der Waals surface area (Å²) in [6.45, 7) is 2.87. The fraction of sp³-hybridized carbons (Fsp3) is 0.643. The Morgan fingerprint density at radius 3 is 3.10 bits per heavy atom. The Balaban J connectivity index is 2.04. The summed E-state index contributed by atoms with van der Waals surface area (Å²) in [5.41, 5.74) is 0.305. The first-order valence-electron chi connectivity index (χ1n) is 7.21. The number of hydrogen-bond acceptors (Lipinski definition) is 6. The summed E-state index contributed by atoms with van der Waals surface area (Å²) in [5.74, 6) is -0.623. The highest BCUT2D eigenvalue weighted by Crippen LogP contribution is 2.24. The number of rotatable bonds is 6. The largest absolute Gasteiger partial charge is 0.461 e.